The maximum absolute atomic E-state index is 13.1. The zero-order chi connectivity index (χ0) is 49.2. The van der Waals surface area contributed by atoms with Gasteiger partial charge in [-0.1, -0.05) is 167 Å². The quantitative estimate of drug-likeness (QED) is 0.0224. The summed E-state index contributed by atoms with van der Waals surface area (Å²) in [7, 11) is 0. The number of carbonyl (C=O) groups is 4. The topological polar surface area (TPSA) is 125 Å². The highest BCUT2D eigenvalue weighted by molar-refractivity contribution is 5.74. The molecule has 1 N–H and O–H groups in total. The highest BCUT2D eigenvalue weighted by Gasteiger charge is 2.22. The summed E-state index contributed by atoms with van der Waals surface area (Å²) in [6.45, 7) is 11.8. The van der Waals surface area contributed by atoms with Crippen molar-refractivity contribution in [2.45, 2.75) is 260 Å². The Labute approximate surface area is 409 Å². The highest BCUT2D eigenvalue weighted by Crippen LogP contribution is 2.27. The van der Waals surface area contributed by atoms with Gasteiger partial charge in [0.25, 0.3) is 0 Å². The lowest BCUT2D eigenvalue weighted by atomic mass is 9.94. The third-order valence-corrected chi connectivity index (χ3v) is 12.5. The Balaban J connectivity index is 2.49. The van der Waals surface area contributed by atoms with Crippen LogP contribution < -0.4 is 4.74 Å². The van der Waals surface area contributed by atoms with Crippen molar-refractivity contribution in [3.63, 3.8) is 0 Å². The van der Waals surface area contributed by atoms with Gasteiger partial charge in [0.1, 0.15) is 19.0 Å². The van der Waals surface area contributed by atoms with Gasteiger partial charge in [-0.25, -0.2) is 0 Å². The molecule has 67 heavy (non-hydrogen) atoms. The van der Waals surface area contributed by atoms with E-state index >= 15 is 0 Å². The van der Waals surface area contributed by atoms with Crippen LogP contribution in [0, 0.1) is 25.7 Å². The molecule has 0 aliphatic heterocycles. The summed E-state index contributed by atoms with van der Waals surface area (Å²) >= 11 is 0. The van der Waals surface area contributed by atoms with Gasteiger partial charge in [-0.2, -0.15) is 0 Å². The van der Waals surface area contributed by atoms with E-state index in [-0.39, 0.29) is 62.4 Å². The van der Waals surface area contributed by atoms with E-state index in [1.165, 1.54) is 89.9 Å². The van der Waals surface area contributed by atoms with Crippen molar-refractivity contribution >= 4 is 23.9 Å². The highest BCUT2D eigenvalue weighted by atomic mass is 16.6. The maximum Gasteiger partial charge on any atom is 0.311 e. The molecule has 0 fully saturated rings. The summed E-state index contributed by atoms with van der Waals surface area (Å²) in [6, 6.07) is 3.64. The Kier molecular flexibility index (Phi) is 39.2. The van der Waals surface area contributed by atoms with E-state index in [9.17, 15) is 24.3 Å². The summed E-state index contributed by atoms with van der Waals surface area (Å²) in [5, 5.41) is 9.47. The number of benzene rings is 1. The minimum atomic E-state index is -0.886. The van der Waals surface area contributed by atoms with Gasteiger partial charge in [0, 0.05) is 25.7 Å². The van der Waals surface area contributed by atoms with Crippen LogP contribution in [0.4, 0.5) is 0 Å². The molecule has 1 aromatic rings. The molecule has 1 rings (SSSR count). The lowest BCUT2D eigenvalue weighted by Gasteiger charge is -2.20. The Morgan fingerprint density at radius 3 is 1.25 bits per heavy atom. The number of allylic oxidation sites excluding steroid dienone is 4. The molecule has 0 spiro atoms. The first-order chi connectivity index (χ1) is 32.5. The normalized spacial score (nSPS) is 12.5. The standard InChI is InChI=1S/C58H98O9/c1-7-9-11-13-15-17-19-21-23-25-27-29-31-33-35-37-54(60)64-46-53(47-65-55(61)38-36-34-32-30-28-26-24-22-20-18-16-14-12-10-8-2)66-56(62)41-48(3)39-40-49(4)42-57(63)67-58-50(5)43-52(45-59)44-51(58)6/h21-24,43-44,48-49,53,59H,7-20,25-42,45-47H2,1-6H3/b23-21-,24-22-. The average Bonchev–Trinajstić information content (AvgIpc) is 3.30. The lowest BCUT2D eigenvalue weighted by Crippen LogP contribution is -2.31. The fourth-order valence-electron chi connectivity index (χ4n) is 8.34. The second-order valence-electron chi connectivity index (χ2n) is 19.5. The van der Waals surface area contributed by atoms with Gasteiger partial charge >= 0.3 is 23.9 Å². The van der Waals surface area contributed by atoms with Crippen molar-refractivity contribution in [3.8, 4) is 5.75 Å². The number of aryl methyl sites for hydroxylation is 2. The molecule has 2 unspecified atom stereocenters. The number of hydrogen-bond acceptors (Lipinski definition) is 9. The number of ether oxygens (including phenoxy) is 4. The smallest absolute Gasteiger partial charge is 0.311 e. The molecule has 384 valence electrons. The van der Waals surface area contributed by atoms with Crippen molar-refractivity contribution in [2.24, 2.45) is 11.8 Å². The summed E-state index contributed by atoms with van der Waals surface area (Å²) < 4.78 is 22.6. The van der Waals surface area contributed by atoms with E-state index in [0.29, 0.717) is 25.0 Å². The molecular formula is C58H98O9. The lowest BCUT2D eigenvalue weighted by molar-refractivity contribution is -0.167. The van der Waals surface area contributed by atoms with Gasteiger partial charge in [0.2, 0.25) is 0 Å². The van der Waals surface area contributed by atoms with Crippen LogP contribution in [0.5, 0.6) is 5.75 Å². The monoisotopic (exact) mass is 939 g/mol. The van der Waals surface area contributed by atoms with Gasteiger partial charge in [-0.3, -0.25) is 19.2 Å². The van der Waals surface area contributed by atoms with Gasteiger partial charge in [-0.05, 0) is 119 Å². The number of hydrogen-bond donors (Lipinski definition) is 1. The molecule has 0 heterocycles. The van der Waals surface area contributed by atoms with E-state index in [4.69, 9.17) is 18.9 Å². The van der Waals surface area contributed by atoms with Crippen molar-refractivity contribution in [2.75, 3.05) is 13.2 Å². The third-order valence-electron chi connectivity index (χ3n) is 12.5. The molecule has 0 aromatic heterocycles. The molecule has 2 atom stereocenters. The maximum atomic E-state index is 13.1. The first kappa shape index (κ1) is 61.6. The Hall–Kier alpha value is -3.46. The van der Waals surface area contributed by atoms with Crippen LogP contribution in [-0.2, 0) is 40.0 Å². The number of unbranched alkanes of at least 4 members (excludes halogenated alkanes) is 22. The van der Waals surface area contributed by atoms with E-state index in [0.717, 1.165) is 100 Å². The zero-order valence-electron chi connectivity index (χ0n) is 43.7. The van der Waals surface area contributed by atoms with E-state index in [1.807, 2.05) is 39.8 Å². The van der Waals surface area contributed by atoms with Crippen molar-refractivity contribution in [1.29, 1.82) is 0 Å². The van der Waals surface area contributed by atoms with E-state index < -0.39 is 12.1 Å². The summed E-state index contributed by atoms with van der Waals surface area (Å²) in [4.78, 5) is 51.4. The van der Waals surface area contributed by atoms with Crippen molar-refractivity contribution < 1.29 is 43.2 Å². The number of aliphatic hydroxyl groups excluding tert-OH is 1. The second-order valence-corrected chi connectivity index (χ2v) is 19.5. The third kappa shape index (κ3) is 36.2. The van der Waals surface area contributed by atoms with Crippen LogP contribution in [0.1, 0.15) is 250 Å². The second kappa shape index (κ2) is 42.6. The van der Waals surface area contributed by atoms with Crippen LogP contribution in [-0.4, -0.2) is 48.3 Å². The predicted octanol–water partition coefficient (Wildman–Crippen LogP) is 15.6. The largest absolute Gasteiger partial charge is 0.462 e. The van der Waals surface area contributed by atoms with Crippen LogP contribution in [0.3, 0.4) is 0 Å². The Bertz CT molecular complexity index is 1400. The fourth-order valence-corrected chi connectivity index (χ4v) is 8.34. The van der Waals surface area contributed by atoms with Crippen molar-refractivity contribution in [1.82, 2.24) is 0 Å². The molecule has 0 aliphatic carbocycles. The molecule has 0 aliphatic rings. The minimum Gasteiger partial charge on any atom is -0.462 e. The molecule has 0 bridgehead atoms. The summed E-state index contributed by atoms with van der Waals surface area (Å²) in [5.41, 5.74) is 2.38. The molecule has 0 radical (unpaired) electrons. The molecule has 0 amide bonds. The van der Waals surface area contributed by atoms with Gasteiger partial charge in [0.05, 0.1) is 6.61 Å². The molecule has 0 saturated heterocycles. The molecule has 9 heteroatoms. The van der Waals surface area contributed by atoms with Crippen LogP contribution >= 0.6 is 0 Å². The summed E-state index contributed by atoms with van der Waals surface area (Å²) in [6.07, 6.45) is 41.5. The number of aliphatic hydroxyl groups is 1. The van der Waals surface area contributed by atoms with Crippen LogP contribution in [0.25, 0.3) is 0 Å². The van der Waals surface area contributed by atoms with E-state index in [1.54, 1.807) is 0 Å². The molecule has 9 nitrogen and oxygen atoms in total. The van der Waals surface area contributed by atoms with Gasteiger partial charge < -0.3 is 24.1 Å². The predicted molar refractivity (Wildman–Crippen MR) is 275 cm³/mol. The van der Waals surface area contributed by atoms with Crippen LogP contribution in [0.15, 0.2) is 36.4 Å². The number of carbonyl (C=O) groups excluding carboxylic acids is 4. The molecule has 1 aromatic carbocycles. The molecular weight excluding hydrogens is 841 g/mol. The minimum absolute atomic E-state index is 0.0190. The fraction of sp³-hybridized carbons (Fsp3) is 0.759. The zero-order valence-corrected chi connectivity index (χ0v) is 43.7. The van der Waals surface area contributed by atoms with Gasteiger partial charge in [-0.15, -0.1) is 0 Å². The molecule has 0 saturated carbocycles. The first-order valence-electron chi connectivity index (χ1n) is 27.2. The van der Waals surface area contributed by atoms with Crippen molar-refractivity contribution in [3.05, 3.63) is 53.1 Å². The van der Waals surface area contributed by atoms with E-state index in [2.05, 4.69) is 38.2 Å². The summed E-state index contributed by atoms with van der Waals surface area (Å²) in [5.74, 6) is -0.888. The Morgan fingerprint density at radius 2 is 0.866 bits per heavy atom. The number of esters is 4. The van der Waals surface area contributed by atoms with Crippen LogP contribution in [0.2, 0.25) is 0 Å². The SMILES string of the molecule is CCCCCCCC/C=C\CCCCCCCC(=O)OCC(COC(=O)CCCCCCC/C=C\CCCCCCCC)OC(=O)CC(C)CCC(C)CC(=O)Oc1c(C)cc(CO)cc1C. The Morgan fingerprint density at radius 1 is 0.507 bits per heavy atom. The van der Waals surface area contributed by atoms with Gasteiger partial charge in [0.15, 0.2) is 6.10 Å². The first-order valence-corrected chi connectivity index (χ1v) is 27.2. The number of rotatable bonds is 44. The average molecular weight is 939 g/mol.